The van der Waals surface area contributed by atoms with Gasteiger partial charge in [0.25, 0.3) is 0 Å². The van der Waals surface area contributed by atoms with Crippen LogP contribution in [0.4, 0.5) is 0 Å². The fraction of sp³-hybridized carbons (Fsp3) is 0.750. The van der Waals surface area contributed by atoms with Gasteiger partial charge in [0.1, 0.15) is 5.01 Å². The number of hydrogen-bond donors (Lipinski definition) is 2. The van der Waals surface area contributed by atoms with Crippen molar-refractivity contribution in [1.29, 1.82) is 0 Å². The number of amides is 1. The lowest BCUT2D eigenvalue weighted by Gasteiger charge is -2.33. The maximum Gasteiger partial charge on any atom is 0.240 e. The average Bonchev–Trinajstić information content (AvgIpc) is 3.15. The summed E-state index contributed by atoms with van der Waals surface area (Å²) in [5.74, 6) is 0.132. The lowest BCUT2D eigenvalue weighted by Crippen LogP contribution is -2.45. The van der Waals surface area contributed by atoms with Crippen molar-refractivity contribution in [3.05, 3.63) is 16.6 Å². The van der Waals surface area contributed by atoms with Crippen molar-refractivity contribution in [2.45, 2.75) is 31.8 Å². The molecule has 1 aromatic rings. The first-order valence-corrected chi connectivity index (χ1v) is 9.20. The van der Waals surface area contributed by atoms with Crippen molar-refractivity contribution in [3.8, 4) is 0 Å². The van der Waals surface area contributed by atoms with Gasteiger partial charge in [0.15, 0.2) is 0 Å². The van der Waals surface area contributed by atoms with Gasteiger partial charge in [0.2, 0.25) is 5.91 Å². The number of carbonyl (C=O) groups excluding carboxylic acids is 1. The zero-order chi connectivity index (χ0) is 16.3. The zero-order valence-electron chi connectivity index (χ0n) is 13.7. The molecule has 3 heterocycles. The van der Waals surface area contributed by atoms with Crippen molar-refractivity contribution in [2.75, 3.05) is 39.8 Å². The number of carbonyl (C=O) groups is 1. The second kappa shape index (κ2) is 7.25. The first kappa shape index (κ1) is 16.8. The van der Waals surface area contributed by atoms with Gasteiger partial charge in [-0.2, -0.15) is 0 Å². The van der Waals surface area contributed by atoms with Crippen LogP contribution in [0.2, 0.25) is 0 Å². The van der Waals surface area contributed by atoms with Gasteiger partial charge in [-0.1, -0.05) is 0 Å². The lowest BCUT2D eigenvalue weighted by atomic mass is 9.77. The number of nitrogens with one attached hydrogen (secondary N) is 1. The number of piperidine rings is 1. The third-order valence-corrected chi connectivity index (χ3v) is 5.95. The van der Waals surface area contributed by atoms with Crippen LogP contribution in [0, 0.1) is 5.41 Å². The number of aliphatic hydroxyl groups is 1. The Morgan fingerprint density at radius 3 is 3.00 bits per heavy atom. The van der Waals surface area contributed by atoms with Crippen LogP contribution in [0.25, 0.3) is 0 Å². The van der Waals surface area contributed by atoms with E-state index in [4.69, 9.17) is 0 Å². The molecule has 3 rings (SSSR count). The SMILES string of the molecule is CN1CC2(CCNCC2)CC1C(=O)N(CCO)Cc1nccs1. The number of aromatic nitrogens is 1. The number of likely N-dealkylation sites (tertiary alicyclic amines) is 1. The Bertz CT molecular complexity index is 516. The van der Waals surface area contributed by atoms with Gasteiger partial charge in [-0.05, 0) is 44.8 Å². The summed E-state index contributed by atoms with van der Waals surface area (Å²) >= 11 is 1.55. The summed E-state index contributed by atoms with van der Waals surface area (Å²) < 4.78 is 0. The quantitative estimate of drug-likeness (QED) is 0.820. The van der Waals surface area contributed by atoms with E-state index in [1.54, 1.807) is 22.4 Å². The van der Waals surface area contributed by atoms with Crippen LogP contribution in [0.3, 0.4) is 0 Å². The summed E-state index contributed by atoms with van der Waals surface area (Å²) in [6.45, 7) is 3.95. The maximum atomic E-state index is 13.0. The van der Waals surface area contributed by atoms with Crippen LogP contribution in [0.5, 0.6) is 0 Å². The molecular formula is C16H26N4O2S. The number of thiazole rings is 1. The Morgan fingerprint density at radius 2 is 2.35 bits per heavy atom. The molecule has 2 aliphatic rings. The van der Waals surface area contributed by atoms with Gasteiger partial charge in [0.05, 0.1) is 19.2 Å². The van der Waals surface area contributed by atoms with E-state index in [-0.39, 0.29) is 24.0 Å². The molecule has 0 radical (unpaired) electrons. The topological polar surface area (TPSA) is 68.7 Å². The van der Waals surface area contributed by atoms with Gasteiger partial charge in [-0.25, -0.2) is 4.98 Å². The largest absolute Gasteiger partial charge is 0.395 e. The molecule has 2 N–H and O–H groups in total. The van der Waals surface area contributed by atoms with E-state index in [9.17, 15) is 9.90 Å². The van der Waals surface area contributed by atoms with E-state index in [1.165, 1.54) is 0 Å². The number of likely N-dealkylation sites (N-methyl/N-ethyl adjacent to an activating group) is 1. The second-order valence-electron chi connectivity index (χ2n) is 6.79. The predicted molar refractivity (Wildman–Crippen MR) is 90.2 cm³/mol. The van der Waals surface area contributed by atoms with Gasteiger partial charge >= 0.3 is 0 Å². The Hall–Kier alpha value is -1.02. The second-order valence-corrected chi connectivity index (χ2v) is 7.77. The van der Waals surface area contributed by atoms with E-state index in [0.717, 1.165) is 43.9 Å². The highest BCUT2D eigenvalue weighted by atomic mass is 32.1. The summed E-state index contributed by atoms with van der Waals surface area (Å²) in [4.78, 5) is 21.3. The van der Waals surface area contributed by atoms with Crippen molar-refractivity contribution < 1.29 is 9.90 Å². The first-order valence-electron chi connectivity index (χ1n) is 8.32. The van der Waals surface area contributed by atoms with E-state index >= 15 is 0 Å². The van der Waals surface area contributed by atoms with Gasteiger partial charge < -0.3 is 15.3 Å². The van der Waals surface area contributed by atoms with Crippen molar-refractivity contribution in [2.24, 2.45) is 5.41 Å². The minimum absolute atomic E-state index is 0.0113. The molecule has 2 fully saturated rings. The Morgan fingerprint density at radius 1 is 1.57 bits per heavy atom. The number of nitrogens with zero attached hydrogens (tertiary/aromatic N) is 3. The number of rotatable bonds is 5. The number of hydrogen-bond acceptors (Lipinski definition) is 6. The van der Waals surface area contributed by atoms with Crippen molar-refractivity contribution in [3.63, 3.8) is 0 Å². The summed E-state index contributed by atoms with van der Waals surface area (Å²) in [5, 5.41) is 15.6. The smallest absolute Gasteiger partial charge is 0.240 e. The maximum absolute atomic E-state index is 13.0. The standard InChI is InChI=1S/C16H26N4O2S/c1-19-12-16(2-4-17-5-3-16)10-13(19)15(22)20(7-8-21)11-14-18-6-9-23-14/h6,9,13,17,21H,2-5,7-8,10-12H2,1H3. The Balaban J connectivity index is 1.69. The molecule has 2 saturated heterocycles. The Kier molecular flexibility index (Phi) is 5.31. The summed E-state index contributed by atoms with van der Waals surface area (Å²) in [6.07, 6.45) is 4.98. The Labute approximate surface area is 141 Å². The van der Waals surface area contributed by atoms with Crippen LogP contribution >= 0.6 is 11.3 Å². The first-order chi connectivity index (χ1) is 11.1. The third-order valence-electron chi connectivity index (χ3n) is 5.18. The van der Waals surface area contributed by atoms with Gasteiger partial charge in [-0.15, -0.1) is 11.3 Å². The van der Waals surface area contributed by atoms with Crippen LogP contribution in [0.15, 0.2) is 11.6 Å². The molecule has 0 aliphatic carbocycles. The average molecular weight is 338 g/mol. The van der Waals surface area contributed by atoms with Gasteiger partial charge in [-0.3, -0.25) is 9.69 Å². The van der Waals surface area contributed by atoms with E-state index in [2.05, 4.69) is 22.2 Å². The van der Waals surface area contributed by atoms with E-state index in [0.29, 0.717) is 13.1 Å². The molecule has 1 amide bonds. The van der Waals surface area contributed by atoms with Gasteiger partial charge in [0, 0.05) is 24.7 Å². The van der Waals surface area contributed by atoms with Crippen LogP contribution in [0.1, 0.15) is 24.3 Å². The molecule has 1 spiro atoms. The molecule has 0 saturated carbocycles. The molecule has 6 nitrogen and oxygen atoms in total. The molecular weight excluding hydrogens is 312 g/mol. The summed E-state index contributed by atoms with van der Waals surface area (Å²) in [6, 6.07) is -0.0698. The molecule has 1 unspecified atom stereocenters. The highest BCUT2D eigenvalue weighted by Gasteiger charge is 2.46. The van der Waals surface area contributed by atoms with Crippen molar-refractivity contribution >= 4 is 17.2 Å². The molecule has 1 aromatic heterocycles. The minimum atomic E-state index is -0.0698. The highest BCUT2D eigenvalue weighted by Crippen LogP contribution is 2.41. The third kappa shape index (κ3) is 3.74. The van der Waals surface area contributed by atoms with E-state index < -0.39 is 0 Å². The normalized spacial score (nSPS) is 24.2. The molecule has 1 atom stereocenters. The van der Waals surface area contributed by atoms with Crippen LogP contribution in [-0.2, 0) is 11.3 Å². The molecule has 128 valence electrons. The number of aliphatic hydroxyl groups excluding tert-OH is 1. The zero-order valence-corrected chi connectivity index (χ0v) is 14.5. The molecule has 0 aromatic carbocycles. The molecule has 2 aliphatic heterocycles. The summed E-state index contributed by atoms with van der Waals surface area (Å²) in [7, 11) is 2.06. The van der Waals surface area contributed by atoms with Crippen LogP contribution in [-0.4, -0.2) is 71.7 Å². The fourth-order valence-corrected chi connectivity index (χ4v) is 4.59. The van der Waals surface area contributed by atoms with Crippen molar-refractivity contribution in [1.82, 2.24) is 20.1 Å². The molecule has 0 bridgehead atoms. The predicted octanol–water partition coefficient (Wildman–Crippen LogP) is 0.538. The molecule has 23 heavy (non-hydrogen) atoms. The minimum Gasteiger partial charge on any atom is -0.395 e. The molecule has 7 heteroatoms. The fourth-order valence-electron chi connectivity index (χ4n) is 3.96. The van der Waals surface area contributed by atoms with E-state index in [1.807, 2.05) is 5.38 Å². The lowest BCUT2D eigenvalue weighted by molar-refractivity contribution is -0.136. The van der Waals surface area contributed by atoms with Crippen LogP contribution < -0.4 is 5.32 Å². The monoisotopic (exact) mass is 338 g/mol. The highest BCUT2D eigenvalue weighted by molar-refractivity contribution is 7.09. The summed E-state index contributed by atoms with van der Waals surface area (Å²) in [5.41, 5.74) is 0.284.